The summed E-state index contributed by atoms with van der Waals surface area (Å²) in [6.07, 6.45) is 1.30. The lowest BCUT2D eigenvalue weighted by atomic mass is 10.3. The van der Waals surface area contributed by atoms with Crippen molar-refractivity contribution in [3.8, 4) is 0 Å². The summed E-state index contributed by atoms with van der Waals surface area (Å²) in [5.41, 5.74) is 4.39. The zero-order valence-electron chi connectivity index (χ0n) is 10.1. The van der Waals surface area contributed by atoms with E-state index in [1.165, 1.54) is 18.4 Å². The molecule has 0 fully saturated rings. The predicted octanol–water partition coefficient (Wildman–Crippen LogP) is -0.278. The molecule has 0 aromatic carbocycles. The minimum absolute atomic E-state index is 0.0104. The summed E-state index contributed by atoms with van der Waals surface area (Å²) in [5, 5.41) is 10.4. The van der Waals surface area contributed by atoms with Gasteiger partial charge in [-0.25, -0.2) is 5.43 Å². The van der Waals surface area contributed by atoms with E-state index in [0.717, 1.165) is 0 Å². The van der Waals surface area contributed by atoms with Crippen molar-refractivity contribution in [2.45, 2.75) is 13.0 Å². The highest BCUT2D eigenvalue weighted by atomic mass is 16.6. The van der Waals surface area contributed by atoms with Crippen molar-refractivity contribution in [2.75, 3.05) is 13.2 Å². The van der Waals surface area contributed by atoms with Gasteiger partial charge in [-0.1, -0.05) is 0 Å². The molecule has 1 unspecified atom stereocenters. The van der Waals surface area contributed by atoms with E-state index in [9.17, 15) is 19.7 Å². The third kappa shape index (κ3) is 4.76. The number of esters is 1. The number of hydrogen-bond donors (Lipinski definition) is 2. The van der Waals surface area contributed by atoms with Gasteiger partial charge in [-0.05, 0) is 19.1 Å². The van der Waals surface area contributed by atoms with Gasteiger partial charge in [0.1, 0.15) is 0 Å². The largest absolute Gasteiger partial charge is 0.465 e. The standard InChI is InChI=1S/C10H13N3O6/c1-2-18-10(15)7(6-13(16)17)11-12-9(14)8-4-3-5-19-8/h3-5,7,11H,2,6H2,1H3,(H,12,14). The highest BCUT2D eigenvalue weighted by Gasteiger charge is 2.26. The molecule has 1 aromatic heterocycles. The Balaban J connectivity index is 2.55. The number of carbonyl (C=O) groups is 2. The summed E-state index contributed by atoms with van der Waals surface area (Å²) in [6, 6.07) is 1.65. The first kappa shape index (κ1) is 14.6. The Labute approximate surface area is 108 Å². The van der Waals surface area contributed by atoms with Crippen molar-refractivity contribution in [1.29, 1.82) is 0 Å². The van der Waals surface area contributed by atoms with Gasteiger partial charge < -0.3 is 9.15 Å². The van der Waals surface area contributed by atoms with Gasteiger partial charge in [0.05, 0.1) is 12.9 Å². The van der Waals surface area contributed by atoms with Crippen LogP contribution in [0.1, 0.15) is 17.5 Å². The molecular formula is C10H13N3O6. The number of nitrogens with zero attached hydrogens (tertiary/aromatic N) is 1. The Kier molecular flexibility index (Phi) is 5.48. The van der Waals surface area contributed by atoms with Crippen molar-refractivity contribution in [3.63, 3.8) is 0 Å². The molecule has 0 aliphatic heterocycles. The van der Waals surface area contributed by atoms with Crippen molar-refractivity contribution in [3.05, 3.63) is 34.3 Å². The fourth-order valence-corrected chi connectivity index (χ4v) is 1.19. The lowest BCUT2D eigenvalue weighted by Crippen LogP contribution is -2.51. The average molecular weight is 271 g/mol. The Morgan fingerprint density at radius 1 is 1.58 bits per heavy atom. The molecule has 0 aliphatic rings. The Morgan fingerprint density at radius 2 is 2.32 bits per heavy atom. The van der Waals surface area contributed by atoms with Crippen LogP contribution < -0.4 is 10.9 Å². The molecule has 1 rings (SSSR count). The van der Waals surface area contributed by atoms with Crippen LogP contribution in [0.2, 0.25) is 0 Å². The second kappa shape index (κ2) is 7.11. The number of hydrazine groups is 1. The van der Waals surface area contributed by atoms with Crippen LogP contribution in [0.15, 0.2) is 22.8 Å². The maximum absolute atomic E-state index is 11.5. The van der Waals surface area contributed by atoms with Gasteiger partial charge in [-0.3, -0.25) is 25.1 Å². The summed E-state index contributed by atoms with van der Waals surface area (Å²) in [5.74, 6) is -1.46. The summed E-state index contributed by atoms with van der Waals surface area (Å²) in [4.78, 5) is 32.6. The average Bonchev–Trinajstić information content (AvgIpc) is 2.87. The zero-order valence-corrected chi connectivity index (χ0v) is 10.1. The third-order valence-electron chi connectivity index (χ3n) is 2.01. The van der Waals surface area contributed by atoms with E-state index in [1.807, 2.05) is 0 Å². The van der Waals surface area contributed by atoms with Crippen LogP contribution in [0.4, 0.5) is 0 Å². The van der Waals surface area contributed by atoms with E-state index in [0.29, 0.717) is 0 Å². The highest BCUT2D eigenvalue weighted by Crippen LogP contribution is 1.98. The number of furan rings is 1. The normalized spacial score (nSPS) is 11.6. The van der Waals surface area contributed by atoms with Crippen molar-refractivity contribution >= 4 is 11.9 Å². The molecule has 0 saturated carbocycles. The minimum Gasteiger partial charge on any atom is -0.465 e. The van der Waals surface area contributed by atoms with E-state index in [2.05, 4.69) is 15.6 Å². The monoisotopic (exact) mass is 271 g/mol. The molecule has 0 radical (unpaired) electrons. The molecule has 2 N–H and O–H groups in total. The summed E-state index contributed by atoms with van der Waals surface area (Å²) >= 11 is 0. The summed E-state index contributed by atoms with van der Waals surface area (Å²) in [6.45, 7) is 0.945. The van der Waals surface area contributed by atoms with Crippen LogP contribution in [0, 0.1) is 10.1 Å². The van der Waals surface area contributed by atoms with Crippen molar-refractivity contribution < 1.29 is 23.7 Å². The van der Waals surface area contributed by atoms with Gasteiger partial charge in [0.15, 0.2) is 11.8 Å². The Morgan fingerprint density at radius 3 is 2.84 bits per heavy atom. The second-order valence-corrected chi connectivity index (χ2v) is 3.40. The lowest BCUT2D eigenvalue weighted by molar-refractivity contribution is -0.482. The molecule has 1 aromatic rings. The molecule has 1 amide bonds. The number of nitrogens with one attached hydrogen (secondary N) is 2. The summed E-state index contributed by atoms with van der Waals surface area (Å²) < 4.78 is 9.46. The van der Waals surface area contributed by atoms with Crippen LogP contribution in [-0.4, -0.2) is 36.0 Å². The predicted molar refractivity (Wildman–Crippen MR) is 61.6 cm³/mol. The van der Waals surface area contributed by atoms with Crippen LogP contribution >= 0.6 is 0 Å². The van der Waals surface area contributed by atoms with E-state index < -0.39 is 29.4 Å². The maximum Gasteiger partial charge on any atom is 0.331 e. The number of hydrogen-bond acceptors (Lipinski definition) is 7. The van der Waals surface area contributed by atoms with Gasteiger partial charge in [0.2, 0.25) is 6.54 Å². The number of amides is 1. The molecule has 1 atom stereocenters. The summed E-state index contributed by atoms with van der Waals surface area (Å²) in [7, 11) is 0. The van der Waals surface area contributed by atoms with Gasteiger partial charge in [-0.2, -0.15) is 0 Å². The van der Waals surface area contributed by atoms with Crippen LogP contribution in [0.25, 0.3) is 0 Å². The molecule has 0 saturated heterocycles. The lowest BCUT2D eigenvalue weighted by Gasteiger charge is -2.13. The first-order valence-corrected chi connectivity index (χ1v) is 5.42. The van der Waals surface area contributed by atoms with Gasteiger partial charge in [0.25, 0.3) is 0 Å². The minimum atomic E-state index is -1.27. The van der Waals surface area contributed by atoms with E-state index >= 15 is 0 Å². The first-order valence-electron chi connectivity index (χ1n) is 5.42. The van der Waals surface area contributed by atoms with E-state index in [1.54, 1.807) is 6.92 Å². The van der Waals surface area contributed by atoms with E-state index in [4.69, 9.17) is 4.42 Å². The molecule has 9 heteroatoms. The molecule has 19 heavy (non-hydrogen) atoms. The number of carbonyl (C=O) groups excluding carboxylic acids is 2. The van der Waals surface area contributed by atoms with Crippen LogP contribution in [0.3, 0.4) is 0 Å². The molecule has 1 heterocycles. The van der Waals surface area contributed by atoms with Gasteiger partial charge >= 0.3 is 11.9 Å². The zero-order chi connectivity index (χ0) is 14.3. The van der Waals surface area contributed by atoms with E-state index in [-0.39, 0.29) is 12.4 Å². The second-order valence-electron chi connectivity index (χ2n) is 3.40. The fraction of sp³-hybridized carbons (Fsp3) is 0.400. The van der Waals surface area contributed by atoms with Crippen LogP contribution in [0.5, 0.6) is 0 Å². The van der Waals surface area contributed by atoms with Crippen molar-refractivity contribution in [2.24, 2.45) is 0 Å². The SMILES string of the molecule is CCOC(=O)C(C[N+](=O)[O-])NNC(=O)c1ccco1. The first-order chi connectivity index (χ1) is 9.04. The molecule has 0 spiro atoms. The number of ether oxygens (including phenoxy) is 1. The Hall–Kier alpha value is -2.42. The highest BCUT2D eigenvalue weighted by molar-refractivity contribution is 5.91. The number of rotatable bonds is 7. The van der Waals surface area contributed by atoms with Crippen molar-refractivity contribution in [1.82, 2.24) is 10.9 Å². The topological polar surface area (TPSA) is 124 Å². The molecule has 0 bridgehead atoms. The smallest absolute Gasteiger partial charge is 0.331 e. The third-order valence-corrected chi connectivity index (χ3v) is 2.01. The molecular weight excluding hydrogens is 258 g/mol. The Bertz CT molecular complexity index is 444. The maximum atomic E-state index is 11.5. The molecule has 104 valence electrons. The molecule has 9 nitrogen and oxygen atoms in total. The van der Waals surface area contributed by atoms with Gasteiger partial charge in [0, 0.05) is 4.92 Å². The van der Waals surface area contributed by atoms with Crippen LogP contribution in [-0.2, 0) is 9.53 Å². The fourth-order valence-electron chi connectivity index (χ4n) is 1.19. The van der Waals surface area contributed by atoms with Gasteiger partial charge in [-0.15, -0.1) is 0 Å². The quantitative estimate of drug-likeness (QED) is 0.397. The number of nitro groups is 1. The molecule has 0 aliphatic carbocycles.